The van der Waals surface area contributed by atoms with Gasteiger partial charge in [-0.2, -0.15) is 5.26 Å². The van der Waals surface area contributed by atoms with Crippen LogP contribution in [-0.2, 0) is 14.6 Å². The first kappa shape index (κ1) is 18.4. The fourth-order valence-corrected chi connectivity index (χ4v) is 5.90. The van der Waals surface area contributed by atoms with Gasteiger partial charge >= 0.3 is 0 Å². The number of hydrogen-bond donors (Lipinski definition) is 0. The number of benzene rings is 2. The number of aryl methyl sites for hydroxylation is 1. The van der Waals surface area contributed by atoms with E-state index in [0.717, 1.165) is 11.1 Å². The van der Waals surface area contributed by atoms with Crippen molar-refractivity contribution in [1.82, 2.24) is 0 Å². The lowest BCUT2D eigenvalue weighted by Gasteiger charge is -2.08. The van der Waals surface area contributed by atoms with Crippen LogP contribution in [0.15, 0.2) is 53.4 Å². The summed E-state index contributed by atoms with van der Waals surface area (Å²) in [6.07, 6.45) is 0. The Morgan fingerprint density at radius 1 is 1.08 bits per heavy atom. The summed E-state index contributed by atoms with van der Waals surface area (Å²) in [6, 6.07) is 16.1. The fraction of sp³-hybridized carbons (Fsp3) is 0.350. The van der Waals surface area contributed by atoms with E-state index in [9.17, 15) is 13.7 Å². The Labute approximate surface area is 154 Å². The molecule has 0 aliphatic heterocycles. The number of methoxy groups -OCH3 is 2. The van der Waals surface area contributed by atoms with Crippen LogP contribution in [0.4, 0.5) is 0 Å². The molecule has 0 N–H and O–H groups in total. The van der Waals surface area contributed by atoms with Gasteiger partial charge in [0.05, 0.1) is 29.9 Å². The smallest absolute Gasteiger partial charge is 0.183 e. The average Bonchev–Trinajstić information content (AvgIpc) is 3.32. The fourth-order valence-electron chi connectivity index (χ4n) is 3.59. The first-order valence-electron chi connectivity index (χ1n) is 8.25. The molecule has 3 atom stereocenters. The molecule has 3 rings (SSSR count). The zero-order chi connectivity index (χ0) is 18.9. The molecule has 5 nitrogen and oxygen atoms in total. The molecule has 1 aliphatic carbocycles. The highest BCUT2D eigenvalue weighted by atomic mass is 32.2. The molecule has 0 bridgehead atoms. The maximum absolute atomic E-state index is 13.2. The van der Waals surface area contributed by atoms with Gasteiger partial charge in [0, 0.05) is 13.0 Å². The predicted octanol–water partition coefficient (Wildman–Crippen LogP) is 3.10. The van der Waals surface area contributed by atoms with Gasteiger partial charge < -0.3 is 9.47 Å². The number of hydrogen-bond acceptors (Lipinski definition) is 5. The molecular formula is C20H21NO4S. The number of ether oxygens (including phenoxy) is 2. The first-order chi connectivity index (χ1) is 12.4. The first-order valence-corrected chi connectivity index (χ1v) is 9.80. The predicted molar refractivity (Wildman–Crippen MR) is 97.8 cm³/mol. The number of nitriles is 1. The van der Waals surface area contributed by atoms with Gasteiger partial charge in [-0.15, -0.1) is 0 Å². The van der Waals surface area contributed by atoms with Crippen molar-refractivity contribution >= 4 is 9.84 Å². The molecule has 0 spiro atoms. The molecule has 0 amide bonds. The van der Waals surface area contributed by atoms with Crippen LogP contribution >= 0.6 is 0 Å². The second kappa shape index (κ2) is 6.75. The lowest BCUT2D eigenvalue weighted by atomic mass is 10.0. The van der Waals surface area contributed by atoms with Gasteiger partial charge in [-0.05, 0) is 36.8 Å². The Balaban J connectivity index is 2.05. The van der Waals surface area contributed by atoms with Crippen molar-refractivity contribution in [2.75, 3.05) is 20.8 Å². The minimum atomic E-state index is -3.67. The monoisotopic (exact) mass is 371 g/mol. The molecule has 0 unspecified atom stereocenters. The Morgan fingerprint density at radius 2 is 1.69 bits per heavy atom. The third-order valence-electron chi connectivity index (χ3n) is 5.01. The van der Waals surface area contributed by atoms with Crippen molar-refractivity contribution in [2.24, 2.45) is 5.41 Å². The van der Waals surface area contributed by atoms with Crippen molar-refractivity contribution < 1.29 is 17.9 Å². The highest BCUT2D eigenvalue weighted by molar-refractivity contribution is 7.92. The van der Waals surface area contributed by atoms with E-state index in [1.165, 1.54) is 7.11 Å². The quantitative estimate of drug-likeness (QED) is 0.780. The molecule has 2 aromatic carbocycles. The molecule has 0 aromatic heterocycles. The number of rotatable bonds is 6. The molecule has 0 radical (unpaired) electrons. The zero-order valence-electron chi connectivity index (χ0n) is 15.0. The summed E-state index contributed by atoms with van der Waals surface area (Å²) in [7, 11) is -0.616. The van der Waals surface area contributed by atoms with E-state index in [0.29, 0.717) is 5.75 Å². The Hall–Kier alpha value is -2.36. The Kier molecular flexibility index (Phi) is 4.78. The molecular weight excluding hydrogens is 350 g/mol. The molecule has 136 valence electrons. The Morgan fingerprint density at radius 3 is 2.19 bits per heavy atom. The summed E-state index contributed by atoms with van der Waals surface area (Å²) in [5.74, 6) is 0.242. The maximum atomic E-state index is 13.2. The van der Waals surface area contributed by atoms with Crippen molar-refractivity contribution in [3.05, 3.63) is 59.7 Å². The van der Waals surface area contributed by atoms with Crippen molar-refractivity contribution in [3.8, 4) is 11.8 Å². The van der Waals surface area contributed by atoms with E-state index < -0.39 is 26.4 Å². The largest absolute Gasteiger partial charge is 0.497 e. The van der Waals surface area contributed by atoms with Crippen LogP contribution in [0.25, 0.3) is 0 Å². The molecule has 1 saturated carbocycles. The molecule has 1 fully saturated rings. The summed E-state index contributed by atoms with van der Waals surface area (Å²) in [6.45, 7) is 1.97. The molecule has 6 heteroatoms. The van der Waals surface area contributed by atoms with Crippen molar-refractivity contribution in [3.63, 3.8) is 0 Å². The minimum absolute atomic E-state index is 0.0654. The number of sulfone groups is 1. The summed E-state index contributed by atoms with van der Waals surface area (Å²) >= 11 is 0. The normalized spacial score (nSPS) is 24.7. The van der Waals surface area contributed by atoms with E-state index in [-0.39, 0.29) is 11.5 Å². The maximum Gasteiger partial charge on any atom is 0.183 e. The van der Waals surface area contributed by atoms with Crippen molar-refractivity contribution in [1.29, 1.82) is 5.26 Å². The van der Waals surface area contributed by atoms with Crippen LogP contribution in [0.1, 0.15) is 17.0 Å². The van der Waals surface area contributed by atoms with E-state index in [1.54, 1.807) is 43.5 Å². The minimum Gasteiger partial charge on any atom is -0.497 e. The average molecular weight is 371 g/mol. The van der Waals surface area contributed by atoms with E-state index in [4.69, 9.17) is 9.47 Å². The van der Waals surface area contributed by atoms with E-state index in [1.807, 2.05) is 19.1 Å². The SMILES string of the molecule is COC[C@@]1(C#N)[C@@H](c2ccc(OC)cc2)[C@@H]1S(=O)(=O)c1ccc(C)cc1. The zero-order valence-corrected chi connectivity index (χ0v) is 15.8. The van der Waals surface area contributed by atoms with Gasteiger partial charge in [0.1, 0.15) is 11.2 Å². The lowest BCUT2D eigenvalue weighted by Crippen LogP contribution is -2.19. The van der Waals surface area contributed by atoms with Gasteiger partial charge in [0.2, 0.25) is 0 Å². The number of nitrogens with zero attached hydrogens (tertiary/aromatic N) is 1. The van der Waals surface area contributed by atoms with Crippen molar-refractivity contribution in [2.45, 2.75) is 23.0 Å². The van der Waals surface area contributed by atoms with Gasteiger partial charge in [-0.1, -0.05) is 29.8 Å². The molecule has 0 saturated heterocycles. The highest BCUT2D eigenvalue weighted by Crippen LogP contribution is 2.63. The third kappa shape index (κ3) is 2.87. The second-order valence-corrected chi connectivity index (χ2v) is 8.68. The van der Waals surface area contributed by atoms with Gasteiger partial charge in [-0.25, -0.2) is 8.42 Å². The molecule has 0 heterocycles. The van der Waals surface area contributed by atoms with Gasteiger partial charge in [0.25, 0.3) is 0 Å². The van der Waals surface area contributed by atoms with Crippen LogP contribution in [0, 0.1) is 23.7 Å². The van der Waals surface area contributed by atoms with Gasteiger partial charge in [-0.3, -0.25) is 0 Å². The summed E-state index contributed by atoms with van der Waals surface area (Å²) < 4.78 is 36.8. The van der Waals surface area contributed by atoms with Crippen LogP contribution in [0.5, 0.6) is 5.75 Å². The summed E-state index contributed by atoms with van der Waals surface area (Å²) in [4.78, 5) is 0.236. The van der Waals surface area contributed by atoms with Crippen LogP contribution in [0.2, 0.25) is 0 Å². The molecule has 26 heavy (non-hydrogen) atoms. The molecule has 1 aliphatic rings. The van der Waals surface area contributed by atoms with Gasteiger partial charge in [0.15, 0.2) is 9.84 Å². The lowest BCUT2D eigenvalue weighted by molar-refractivity contribution is 0.162. The van der Waals surface area contributed by atoms with Crippen LogP contribution in [0.3, 0.4) is 0 Å². The highest BCUT2D eigenvalue weighted by Gasteiger charge is 2.72. The topological polar surface area (TPSA) is 76.4 Å². The summed E-state index contributed by atoms with van der Waals surface area (Å²) in [5, 5.41) is 8.99. The Bertz CT molecular complexity index is 929. The van der Waals surface area contributed by atoms with Crippen LogP contribution < -0.4 is 4.74 Å². The van der Waals surface area contributed by atoms with E-state index in [2.05, 4.69) is 6.07 Å². The molecule has 2 aromatic rings. The standard InChI is InChI=1S/C20H21NO4S/c1-14-4-10-17(11-5-14)26(22,23)19-18(20(19,12-21)13-24-2)15-6-8-16(25-3)9-7-15/h4-11,18-19H,13H2,1-3H3/t18-,19-,20-/m0/s1. The second-order valence-electron chi connectivity index (χ2n) is 6.61. The summed E-state index contributed by atoms with van der Waals surface area (Å²) in [5.41, 5.74) is 0.688. The van der Waals surface area contributed by atoms with E-state index >= 15 is 0 Å². The van der Waals surface area contributed by atoms with Crippen LogP contribution in [-0.4, -0.2) is 34.5 Å². The third-order valence-corrected chi connectivity index (χ3v) is 7.30.